The van der Waals surface area contributed by atoms with Crippen molar-refractivity contribution in [2.24, 2.45) is 0 Å². The fraction of sp³-hybridized carbons (Fsp3) is 0.357. The summed E-state index contributed by atoms with van der Waals surface area (Å²) in [5, 5.41) is 13.8. The molecule has 0 spiro atoms. The Bertz CT molecular complexity index is 494. The third-order valence-electron chi connectivity index (χ3n) is 2.76. The molecular weight excluding hydrogens is 228 g/mol. The van der Waals surface area contributed by atoms with Gasteiger partial charge in [-0.15, -0.1) is 5.10 Å². The Hall–Kier alpha value is -1.81. The van der Waals surface area contributed by atoms with Crippen molar-refractivity contribution in [3.8, 4) is 11.6 Å². The molecule has 1 N–H and O–H groups in total. The van der Waals surface area contributed by atoms with E-state index in [2.05, 4.69) is 5.10 Å². The van der Waals surface area contributed by atoms with Crippen LogP contribution in [-0.2, 0) is 0 Å². The summed E-state index contributed by atoms with van der Waals surface area (Å²) < 4.78 is 7.29. The van der Waals surface area contributed by atoms with Crippen molar-refractivity contribution in [3.63, 3.8) is 0 Å². The predicted molar refractivity (Wildman–Crippen MR) is 70.1 cm³/mol. The molecule has 1 aromatic carbocycles. The smallest absolute Gasteiger partial charge is 0.236 e. The average Bonchev–Trinajstić information content (AvgIpc) is 2.78. The van der Waals surface area contributed by atoms with Crippen molar-refractivity contribution in [1.82, 2.24) is 9.78 Å². The van der Waals surface area contributed by atoms with Crippen LogP contribution in [0.1, 0.15) is 18.9 Å². The average molecular weight is 246 g/mol. The van der Waals surface area contributed by atoms with Gasteiger partial charge in [0.15, 0.2) is 0 Å². The number of benzene rings is 1. The predicted octanol–water partition coefficient (Wildman–Crippen LogP) is 2.33. The molecule has 0 radical (unpaired) electrons. The number of hydrogen-bond donors (Lipinski definition) is 1. The zero-order valence-corrected chi connectivity index (χ0v) is 10.7. The van der Waals surface area contributed by atoms with E-state index in [1.165, 1.54) is 0 Å². The summed E-state index contributed by atoms with van der Waals surface area (Å²) in [4.78, 5) is 0. The van der Waals surface area contributed by atoms with Crippen LogP contribution in [0.15, 0.2) is 36.5 Å². The lowest BCUT2D eigenvalue weighted by Crippen LogP contribution is -2.16. The first-order valence-corrected chi connectivity index (χ1v) is 6.13. The van der Waals surface area contributed by atoms with Crippen molar-refractivity contribution in [3.05, 3.63) is 42.1 Å². The largest absolute Gasteiger partial charge is 0.474 e. The molecule has 0 unspecified atom stereocenters. The van der Waals surface area contributed by atoms with Gasteiger partial charge in [0.05, 0.1) is 11.8 Å². The quantitative estimate of drug-likeness (QED) is 0.880. The SMILES string of the molecule is CC[C@@H](O)COc1nn(-c2ccccc2)cc1C. The number of hydrogen-bond acceptors (Lipinski definition) is 3. The lowest BCUT2D eigenvalue weighted by molar-refractivity contribution is 0.101. The second-order valence-corrected chi connectivity index (χ2v) is 4.27. The number of aliphatic hydroxyl groups excluding tert-OH is 1. The van der Waals surface area contributed by atoms with E-state index in [1.807, 2.05) is 50.4 Å². The third-order valence-corrected chi connectivity index (χ3v) is 2.76. The zero-order chi connectivity index (χ0) is 13.0. The van der Waals surface area contributed by atoms with Crippen LogP contribution >= 0.6 is 0 Å². The number of aryl methyl sites for hydroxylation is 1. The maximum atomic E-state index is 9.47. The Kier molecular flexibility index (Phi) is 3.99. The molecule has 96 valence electrons. The van der Waals surface area contributed by atoms with Crippen LogP contribution in [0.3, 0.4) is 0 Å². The van der Waals surface area contributed by atoms with Crippen molar-refractivity contribution >= 4 is 0 Å². The lowest BCUT2D eigenvalue weighted by Gasteiger charge is -2.08. The van der Waals surface area contributed by atoms with Crippen LogP contribution in [0.4, 0.5) is 0 Å². The molecule has 0 bridgehead atoms. The van der Waals surface area contributed by atoms with Gasteiger partial charge in [0.1, 0.15) is 6.61 Å². The lowest BCUT2D eigenvalue weighted by atomic mass is 10.3. The number of aliphatic hydroxyl groups is 1. The van der Waals surface area contributed by atoms with Crippen LogP contribution < -0.4 is 4.74 Å². The third kappa shape index (κ3) is 2.90. The van der Waals surface area contributed by atoms with Gasteiger partial charge in [-0.1, -0.05) is 25.1 Å². The Morgan fingerprint density at radius 1 is 1.33 bits per heavy atom. The fourth-order valence-electron chi connectivity index (χ4n) is 1.59. The molecule has 1 aromatic heterocycles. The fourth-order valence-corrected chi connectivity index (χ4v) is 1.59. The molecule has 2 aromatic rings. The second kappa shape index (κ2) is 5.69. The molecule has 4 heteroatoms. The van der Waals surface area contributed by atoms with Gasteiger partial charge in [-0.3, -0.25) is 0 Å². The van der Waals surface area contributed by atoms with Gasteiger partial charge in [-0.25, -0.2) is 4.68 Å². The molecule has 0 aliphatic rings. The summed E-state index contributed by atoms with van der Waals surface area (Å²) >= 11 is 0. The summed E-state index contributed by atoms with van der Waals surface area (Å²) in [6.45, 7) is 4.15. The molecule has 1 atom stereocenters. The molecule has 0 amide bonds. The van der Waals surface area contributed by atoms with Gasteiger partial charge in [0.25, 0.3) is 0 Å². The Balaban J connectivity index is 2.12. The van der Waals surface area contributed by atoms with Crippen molar-refractivity contribution in [1.29, 1.82) is 0 Å². The minimum absolute atomic E-state index is 0.281. The van der Waals surface area contributed by atoms with Crippen LogP contribution in [0.25, 0.3) is 5.69 Å². The molecule has 0 aliphatic heterocycles. The van der Waals surface area contributed by atoms with E-state index in [-0.39, 0.29) is 6.61 Å². The van der Waals surface area contributed by atoms with Crippen molar-refractivity contribution in [2.45, 2.75) is 26.4 Å². The summed E-state index contributed by atoms with van der Waals surface area (Å²) in [5.41, 5.74) is 1.95. The van der Waals surface area contributed by atoms with Crippen molar-refractivity contribution in [2.75, 3.05) is 6.61 Å². The number of para-hydroxylation sites is 1. The summed E-state index contributed by atoms with van der Waals surface area (Å²) in [6, 6.07) is 9.87. The number of rotatable bonds is 5. The van der Waals surface area contributed by atoms with Gasteiger partial charge in [0, 0.05) is 11.8 Å². The second-order valence-electron chi connectivity index (χ2n) is 4.27. The highest BCUT2D eigenvalue weighted by Crippen LogP contribution is 2.18. The van der Waals surface area contributed by atoms with E-state index >= 15 is 0 Å². The topological polar surface area (TPSA) is 47.3 Å². The Morgan fingerprint density at radius 2 is 2.06 bits per heavy atom. The van der Waals surface area contributed by atoms with E-state index in [4.69, 9.17) is 4.74 Å². The maximum Gasteiger partial charge on any atom is 0.236 e. The Morgan fingerprint density at radius 3 is 2.72 bits per heavy atom. The zero-order valence-electron chi connectivity index (χ0n) is 10.7. The number of nitrogens with zero attached hydrogens (tertiary/aromatic N) is 2. The summed E-state index contributed by atoms with van der Waals surface area (Å²) in [5.74, 6) is 0.575. The highest BCUT2D eigenvalue weighted by Gasteiger charge is 2.09. The summed E-state index contributed by atoms with van der Waals surface area (Å²) in [7, 11) is 0. The van der Waals surface area contributed by atoms with Crippen LogP contribution in [0.5, 0.6) is 5.88 Å². The molecule has 0 saturated carbocycles. The minimum Gasteiger partial charge on any atom is -0.474 e. The highest BCUT2D eigenvalue weighted by atomic mass is 16.5. The molecule has 4 nitrogen and oxygen atoms in total. The van der Waals surface area contributed by atoms with Crippen LogP contribution in [0.2, 0.25) is 0 Å². The van der Waals surface area contributed by atoms with E-state index < -0.39 is 6.10 Å². The van der Waals surface area contributed by atoms with Gasteiger partial charge < -0.3 is 9.84 Å². The maximum absolute atomic E-state index is 9.47. The van der Waals surface area contributed by atoms with E-state index in [0.717, 1.165) is 11.3 Å². The molecule has 18 heavy (non-hydrogen) atoms. The van der Waals surface area contributed by atoms with Gasteiger partial charge in [-0.05, 0) is 25.5 Å². The molecule has 0 aliphatic carbocycles. The van der Waals surface area contributed by atoms with Gasteiger partial charge in [0.2, 0.25) is 5.88 Å². The molecule has 0 saturated heterocycles. The van der Waals surface area contributed by atoms with E-state index in [1.54, 1.807) is 4.68 Å². The van der Waals surface area contributed by atoms with Crippen LogP contribution in [-0.4, -0.2) is 27.6 Å². The molecule has 0 fully saturated rings. The Labute approximate surface area is 107 Å². The van der Waals surface area contributed by atoms with Gasteiger partial charge in [-0.2, -0.15) is 0 Å². The monoisotopic (exact) mass is 246 g/mol. The molecular formula is C14H18N2O2. The van der Waals surface area contributed by atoms with Crippen molar-refractivity contribution < 1.29 is 9.84 Å². The summed E-state index contributed by atoms with van der Waals surface area (Å²) in [6.07, 6.45) is 2.16. The van der Waals surface area contributed by atoms with E-state index in [9.17, 15) is 5.11 Å². The standard InChI is InChI=1S/C14H18N2O2/c1-3-13(17)10-18-14-11(2)9-16(15-14)12-7-5-4-6-8-12/h4-9,13,17H,3,10H2,1-2H3/t13-/m1/s1. The number of ether oxygens (including phenoxy) is 1. The first-order chi connectivity index (χ1) is 8.70. The van der Waals surface area contributed by atoms with E-state index in [0.29, 0.717) is 12.3 Å². The minimum atomic E-state index is -0.439. The van der Waals surface area contributed by atoms with Crippen LogP contribution in [0, 0.1) is 6.92 Å². The van der Waals surface area contributed by atoms with Gasteiger partial charge >= 0.3 is 0 Å². The normalized spacial score (nSPS) is 12.4. The first kappa shape index (κ1) is 12.6. The molecule has 2 rings (SSSR count). The molecule has 1 heterocycles. The highest BCUT2D eigenvalue weighted by molar-refractivity contribution is 5.33. The first-order valence-electron chi connectivity index (χ1n) is 6.13. The number of aromatic nitrogens is 2.